The van der Waals surface area contributed by atoms with Gasteiger partial charge in [-0.1, -0.05) is 26.0 Å². The highest BCUT2D eigenvalue weighted by atomic mass is 32.2. The van der Waals surface area contributed by atoms with Crippen molar-refractivity contribution >= 4 is 35.6 Å². The van der Waals surface area contributed by atoms with E-state index in [1.165, 1.54) is 80.9 Å². The Labute approximate surface area is 381 Å². The van der Waals surface area contributed by atoms with Gasteiger partial charge in [-0.3, -0.25) is 19.6 Å². The van der Waals surface area contributed by atoms with Crippen molar-refractivity contribution in [2.45, 2.75) is 122 Å². The maximum atomic E-state index is 13.9. The first kappa shape index (κ1) is 49.6. The second kappa shape index (κ2) is 22.1. The van der Waals surface area contributed by atoms with E-state index in [-0.39, 0.29) is 47.5 Å². The zero-order valence-electron chi connectivity index (χ0n) is 38.2. The highest BCUT2D eigenvalue weighted by molar-refractivity contribution is 7.94. The number of hydrogen-bond acceptors (Lipinski definition) is 13. The van der Waals surface area contributed by atoms with Crippen LogP contribution in [0.25, 0.3) is 11.3 Å². The molecule has 1 unspecified atom stereocenters. The number of benzene rings is 1. The summed E-state index contributed by atoms with van der Waals surface area (Å²) >= 11 is 1.84. The topological polar surface area (TPSA) is 155 Å². The molecule has 2 amide bonds. The van der Waals surface area contributed by atoms with E-state index in [1.807, 2.05) is 38.1 Å². The van der Waals surface area contributed by atoms with Crippen molar-refractivity contribution in [3.05, 3.63) is 54.0 Å². The van der Waals surface area contributed by atoms with Crippen molar-refractivity contribution in [1.82, 2.24) is 38.6 Å². The lowest BCUT2D eigenvalue weighted by molar-refractivity contribution is -0.137. The molecule has 0 saturated carbocycles. The number of rotatable bonds is 11. The number of imide groups is 1. The van der Waals surface area contributed by atoms with Crippen LogP contribution in [0.5, 0.6) is 0 Å². The van der Waals surface area contributed by atoms with Gasteiger partial charge in [-0.05, 0) is 114 Å². The van der Waals surface area contributed by atoms with E-state index in [4.69, 9.17) is 5.11 Å². The van der Waals surface area contributed by atoms with Crippen LogP contribution in [-0.2, 0) is 22.3 Å². The quantitative estimate of drug-likeness (QED) is 0.118. The summed E-state index contributed by atoms with van der Waals surface area (Å²) in [6.07, 6.45) is 9.00. The fourth-order valence-corrected chi connectivity index (χ4v) is 10.8. The molecule has 0 radical (unpaired) electrons. The molecule has 0 aliphatic carbocycles. The minimum absolute atomic E-state index is 0.0512. The van der Waals surface area contributed by atoms with Crippen LogP contribution in [-0.4, -0.2) is 133 Å². The van der Waals surface area contributed by atoms with Gasteiger partial charge < -0.3 is 25.3 Å². The smallest absolute Gasteiger partial charge is 0.400 e. The van der Waals surface area contributed by atoms with Gasteiger partial charge in [-0.25, -0.2) is 18.6 Å². The number of aliphatic hydroxyl groups excluding tert-OH is 1. The zero-order valence-corrected chi connectivity index (χ0v) is 39.1. The van der Waals surface area contributed by atoms with E-state index < -0.39 is 17.3 Å². The number of aliphatic hydroxyl groups is 2. The number of hydrogen-bond donors (Lipinski definition) is 4. The molecule has 1 atom stereocenters. The summed E-state index contributed by atoms with van der Waals surface area (Å²) in [6.45, 7) is 16.8. The number of nitrogens with zero attached hydrogens (tertiary/aromatic N) is 8. The number of nitrogens with one attached hydrogen (secondary N) is 2. The zero-order chi connectivity index (χ0) is 46.1. The van der Waals surface area contributed by atoms with E-state index >= 15 is 0 Å². The number of alkyl halides is 3. The molecule has 5 fully saturated rings. The normalized spacial score (nSPS) is 22.0. The lowest BCUT2D eigenvalue weighted by Crippen LogP contribution is -2.48. The fourth-order valence-electron chi connectivity index (χ4n) is 9.71. The monoisotopic (exact) mass is 915 g/mol. The van der Waals surface area contributed by atoms with E-state index in [2.05, 4.69) is 56.2 Å². The maximum Gasteiger partial charge on any atom is 0.419 e. The molecular weight excluding hydrogens is 846 g/mol. The average Bonchev–Trinajstić information content (AvgIpc) is 3.74. The predicted octanol–water partition coefficient (Wildman–Crippen LogP) is 6.82. The minimum Gasteiger partial charge on any atom is -0.400 e. The highest BCUT2D eigenvalue weighted by Crippen LogP contribution is 2.43. The number of piperidine rings is 5. The molecule has 64 heavy (non-hydrogen) atoms. The highest BCUT2D eigenvalue weighted by Gasteiger charge is 2.39. The molecule has 3 aromatic rings. The number of aromatic nitrogens is 4. The number of likely N-dealkylation sites (tertiary alicyclic amines) is 1. The Morgan fingerprint density at radius 3 is 2.16 bits per heavy atom. The number of carbonyl (C=O) groups excluding carboxylic acids is 2. The summed E-state index contributed by atoms with van der Waals surface area (Å²) in [5.41, 5.74) is 0.614. The Balaban J connectivity index is 0.00000165. The van der Waals surface area contributed by atoms with Gasteiger partial charge in [-0.15, -0.1) is 0 Å². The van der Waals surface area contributed by atoms with Crippen LogP contribution in [0.3, 0.4) is 0 Å². The van der Waals surface area contributed by atoms with Gasteiger partial charge in [0, 0.05) is 101 Å². The number of amides is 2. The van der Waals surface area contributed by atoms with Crippen molar-refractivity contribution in [2.24, 2.45) is 11.3 Å². The summed E-state index contributed by atoms with van der Waals surface area (Å²) in [7, 11) is 1.00. The van der Waals surface area contributed by atoms with Crippen LogP contribution in [0, 0.1) is 11.3 Å². The van der Waals surface area contributed by atoms with Gasteiger partial charge in [0.25, 0.3) is 0 Å². The summed E-state index contributed by atoms with van der Waals surface area (Å²) in [5.74, 6) is 0.277. The van der Waals surface area contributed by atoms with Crippen molar-refractivity contribution in [1.29, 1.82) is 0 Å². The molecule has 2 aromatic heterocycles. The molecule has 14 nitrogen and oxygen atoms in total. The maximum absolute atomic E-state index is 13.9. The Morgan fingerprint density at radius 1 is 0.891 bits per heavy atom. The summed E-state index contributed by atoms with van der Waals surface area (Å²) < 4.78 is 48.1. The van der Waals surface area contributed by atoms with Crippen LogP contribution < -0.4 is 15.5 Å². The Hall–Kier alpha value is -3.81. The second-order valence-electron chi connectivity index (χ2n) is 18.4. The molecule has 5 aliphatic heterocycles. The first-order chi connectivity index (χ1) is 30.7. The third kappa shape index (κ3) is 13.2. The van der Waals surface area contributed by atoms with Gasteiger partial charge in [-0.2, -0.15) is 18.3 Å². The lowest BCUT2D eigenvalue weighted by Gasteiger charge is -2.48. The van der Waals surface area contributed by atoms with Crippen molar-refractivity contribution in [3.63, 3.8) is 0 Å². The van der Waals surface area contributed by atoms with E-state index in [0.29, 0.717) is 24.2 Å². The second-order valence-corrected chi connectivity index (χ2v) is 19.6. The number of halogens is 3. The molecule has 18 heteroatoms. The molecule has 1 aromatic carbocycles. The first-order valence-electron chi connectivity index (χ1n) is 23.2. The van der Waals surface area contributed by atoms with Crippen molar-refractivity contribution in [3.8, 4) is 11.3 Å². The van der Waals surface area contributed by atoms with Gasteiger partial charge in [0.1, 0.15) is 5.56 Å². The molecule has 354 valence electrons. The lowest BCUT2D eigenvalue weighted by atomic mass is 9.71. The number of anilines is 2. The molecule has 0 bridgehead atoms. The Kier molecular flexibility index (Phi) is 17.1. The van der Waals surface area contributed by atoms with Gasteiger partial charge >= 0.3 is 6.18 Å². The largest absolute Gasteiger partial charge is 0.419 e. The van der Waals surface area contributed by atoms with Crippen LogP contribution >= 0.6 is 12.1 Å². The predicted molar refractivity (Wildman–Crippen MR) is 245 cm³/mol. The summed E-state index contributed by atoms with van der Waals surface area (Å²) in [6, 6.07) is 8.43. The third-order valence-electron chi connectivity index (χ3n) is 13.3. The molecule has 5 saturated heterocycles. The Bertz CT molecular complexity index is 1960. The van der Waals surface area contributed by atoms with Crippen LogP contribution in [0.15, 0.2) is 42.9 Å². The molecule has 8 rings (SSSR count). The van der Waals surface area contributed by atoms with Crippen molar-refractivity contribution < 1.29 is 33.0 Å². The van der Waals surface area contributed by atoms with Gasteiger partial charge in [0.15, 0.2) is 0 Å². The first-order valence-corrected chi connectivity index (χ1v) is 23.9. The van der Waals surface area contributed by atoms with Crippen LogP contribution in [0.4, 0.5) is 24.8 Å². The fraction of sp³-hybridized carbons (Fsp3) is 0.674. The molecule has 4 N–H and O–H groups in total. The van der Waals surface area contributed by atoms with Gasteiger partial charge in [0.2, 0.25) is 17.8 Å². The average molecular weight is 915 g/mol. The molecule has 5 aliphatic rings. The summed E-state index contributed by atoms with van der Waals surface area (Å²) in [5, 5.41) is 27.1. The van der Waals surface area contributed by atoms with Crippen molar-refractivity contribution in [2.75, 3.05) is 76.2 Å². The van der Waals surface area contributed by atoms with Gasteiger partial charge in [0.05, 0.1) is 30.0 Å². The van der Waals surface area contributed by atoms with E-state index in [1.54, 1.807) is 13.8 Å². The molecular formula is C46H69F3N10O4S. The Morgan fingerprint density at radius 2 is 1.53 bits per heavy atom. The molecule has 7 heterocycles. The van der Waals surface area contributed by atoms with Crippen LogP contribution in [0.2, 0.25) is 0 Å². The van der Waals surface area contributed by atoms with E-state index in [9.17, 15) is 27.9 Å². The summed E-state index contributed by atoms with van der Waals surface area (Å²) in [4.78, 5) is 37.7. The standard InChI is InChI=1S/C43H59F3N10O3S.C2H6.CH4O/c1-41(2,59)29-54-28-32(25-48-54)38-36(43(44,45)46)26-47-40(51-38)49-33-10-18-56(19-11-33)60-55-16-8-30(9-17-55)27-52-20-12-42(13-21-52)14-22-53(23-15-42)34-5-3-4-31(24-34)35-6-7-37(57)50-39(35)58;2*1-2/h3-5,24-26,28,30,33,35,59H,6-23,27,29H2,1-2H3,(H,47,49,51)(H,50,57,58);1-2H3;2H,1H3. The number of carbonyl (C=O) groups is 2. The molecule has 1 spiro atoms. The van der Waals surface area contributed by atoms with Crippen LogP contribution in [0.1, 0.15) is 109 Å². The van der Waals surface area contributed by atoms with E-state index in [0.717, 1.165) is 71.0 Å². The third-order valence-corrected chi connectivity index (χ3v) is 14.5. The SMILES string of the molecule is CC.CC(C)(O)Cn1cc(-c2nc(NC3CCN(SN4CCC(CN5CCC6(CC5)CCN(c5cccc(C7CCC(=O)NC7=O)c5)CC6)CC4)CC3)ncc2C(F)(F)F)cn1.CO. The minimum atomic E-state index is -4.63.